The van der Waals surface area contributed by atoms with Crippen molar-refractivity contribution in [1.82, 2.24) is 5.32 Å². The summed E-state index contributed by atoms with van der Waals surface area (Å²) >= 11 is 0. The second-order valence-corrected chi connectivity index (χ2v) is 8.59. The van der Waals surface area contributed by atoms with Crippen molar-refractivity contribution in [3.8, 4) is 0 Å². The minimum Gasteiger partial charge on any atom is -0.313 e. The van der Waals surface area contributed by atoms with Gasteiger partial charge in [-0.2, -0.15) is 0 Å². The highest BCUT2D eigenvalue weighted by Crippen LogP contribution is 2.25. The van der Waals surface area contributed by atoms with E-state index in [9.17, 15) is 8.42 Å². The number of hydrogen-bond donors (Lipinski definition) is 1. The summed E-state index contributed by atoms with van der Waals surface area (Å²) in [5, 5.41) is 3.41. The van der Waals surface area contributed by atoms with Crippen LogP contribution in [-0.4, -0.2) is 32.0 Å². The Balaban J connectivity index is 1.68. The quantitative estimate of drug-likeness (QED) is 0.837. The molecule has 2 aliphatic rings. The molecule has 106 valence electrons. The van der Waals surface area contributed by atoms with Crippen LogP contribution >= 0.6 is 0 Å². The van der Waals surface area contributed by atoms with E-state index in [4.69, 9.17) is 0 Å². The Morgan fingerprint density at radius 1 is 1.00 bits per heavy atom. The first-order valence-corrected chi connectivity index (χ1v) is 9.24. The Morgan fingerprint density at radius 2 is 1.61 bits per heavy atom. The van der Waals surface area contributed by atoms with Crippen LogP contribution in [0.1, 0.15) is 58.3 Å². The zero-order valence-electron chi connectivity index (χ0n) is 11.5. The lowest BCUT2D eigenvalue weighted by Gasteiger charge is -2.27. The molecule has 18 heavy (non-hydrogen) atoms. The van der Waals surface area contributed by atoms with Gasteiger partial charge in [0, 0.05) is 12.6 Å². The molecule has 2 fully saturated rings. The van der Waals surface area contributed by atoms with E-state index in [1.165, 1.54) is 25.7 Å². The third kappa shape index (κ3) is 3.95. The van der Waals surface area contributed by atoms with Crippen LogP contribution in [-0.2, 0) is 9.84 Å². The molecule has 0 saturated heterocycles. The van der Waals surface area contributed by atoms with Crippen molar-refractivity contribution in [3.05, 3.63) is 0 Å². The second kappa shape index (κ2) is 6.38. The Hall–Kier alpha value is -0.0900. The van der Waals surface area contributed by atoms with E-state index < -0.39 is 9.84 Å². The standard InChI is InChI=1S/C14H27NO2S/c1-12-6-8-13(9-7-12)15-10-11-18(16,17)14-4-2-3-5-14/h12-15H,2-11H2,1H3. The van der Waals surface area contributed by atoms with Gasteiger partial charge in [-0.05, 0) is 44.4 Å². The molecule has 0 unspecified atom stereocenters. The highest BCUT2D eigenvalue weighted by molar-refractivity contribution is 7.92. The van der Waals surface area contributed by atoms with Gasteiger partial charge in [0.25, 0.3) is 0 Å². The molecule has 3 nitrogen and oxygen atoms in total. The Labute approximate surface area is 112 Å². The van der Waals surface area contributed by atoms with Crippen LogP contribution in [0.5, 0.6) is 0 Å². The second-order valence-electron chi connectivity index (χ2n) is 6.18. The lowest BCUT2D eigenvalue weighted by Crippen LogP contribution is -2.37. The van der Waals surface area contributed by atoms with Gasteiger partial charge in [0.05, 0.1) is 11.0 Å². The molecule has 0 aliphatic heterocycles. The molecule has 0 spiro atoms. The number of rotatable bonds is 5. The molecular weight excluding hydrogens is 246 g/mol. The molecule has 4 heteroatoms. The molecule has 0 aromatic carbocycles. The van der Waals surface area contributed by atoms with Crippen molar-refractivity contribution in [1.29, 1.82) is 0 Å². The first-order valence-electron chi connectivity index (χ1n) is 7.53. The van der Waals surface area contributed by atoms with Crippen LogP contribution in [0.15, 0.2) is 0 Å². The average molecular weight is 273 g/mol. The van der Waals surface area contributed by atoms with Gasteiger partial charge in [0.1, 0.15) is 0 Å². The Bertz CT molecular complexity index is 339. The summed E-state index contributed by atoms with van der Waals surface area (Å²) in [6.45, 7) is 2.96. The molecule has 0 heterocycles. The summed E-state index contributed by atoms with van der Waals surface area (Å²) < 4.78 is 24.2. The van der Waals surface area contributed by atoms with E-state index in [-0.39, 0.29) is 5.25 Å². The third-order valence-corrected chi connectivity index (χ3v) is 6.91. The summed E-state index contributed by atoms with van der Waals surface area (Å²) in [4.78, 5) is 0. The number of hydrogen-bond acceptors (Lipinski definition) is 3. The number of nitrogens with one attached hydrogen (secondary N) is 1. The fourth-order valence-electron chi connectivity index (χ4n) is 3.28. The van der Waals surface area contributed by atoms with Crippen LogP contribution in [0.4, 0.5) is 0 Å². The van der Waals surface area contributed by atoms with Gasteiger partial charge in [-0.25, -0.2) is 8.42 Å². The predicted octanol–water partition coefficient (Wildman–Crippen LogP) is 2.51. The van der Waals surface area contributed by atoms with Gasteiger partial charge >= 0.3 is 0 Å². The van der Waals surface area contributed by atoms with Gasteiger partial charge in [-0.3, -0.25) is 0 Å². The van der Waals surface area contributed by atoms with E-state index in [0.29, 0.717) is 18.3 Å². The summed E-state index contributed by atoms with van der Waals surface area (Å²) in [5.74, 6) is 1.19. The SMILES string of the molecule is CC1CCC(NCCS(=O)(=O)C2CCCC2)CC1. The molecule has 0 amide bonds. The zero-order valence-corrected chi connectivity index (χ0v) is 12.3. The Kier molecular flexibility index (Phi) is 5.07. The molecule has 1 N–H and O–H groups in total. The van der Waals surface area contributed by atoms with Crippen LogP contribution in [0, 0.1) is 5.92 Å². The molecule has 2 saturated carbocycles. The maximum Gasteiger partial charge on any atom is 0.154 e. The number of sulfone groups is 1. The monoisotopic (exact) mass is 273 g/mol. The smallest absolute Gasteiger partial charge is 0.154 e. The Morgan fingerprint density at radius 3 is 2.22 bits per heavy atom. The van der Waals surface area contributed by atoms with Crippen molar-refractivity contribution >= 4 is 9.84 Å². The van der Waals surface area contributed by atoms with Gasteiger partial charge in [0.2, 0.25) is 0 Å². The minimum atomic E-state index is -2.83. The fraction of sp³-hybridized carbons (Fsp3) is 1.00. The molecule has 0 bridgehead atoms. The van der Waals surface area contributed by atoms with Crippen molar-refractivity contribution in [2.75, 3.05) is 12.3 Å². The van der Waals surface area contributed by atoms with E-state index in [1.807, 2.05) is 0 Å². The topological polar surface area (TPSA) is 46.2 Å². The zero-order chi connectivity index (χ0) is 13.0. The largest absolute Gasteiger partial charge is 0.313 e. The summed E-state index contributed by atoms with van der Waals surface area (Å²) in [6, 6.07) is 0.556. The molecular formula is C14H27NO2S. The summed E-state index contributed by atoms with van der Waals surface area (Å²) in [5.41, 5.74) is 0. The van der Waals surface area contributed by atoms with E-state index in [1.54, 1.807) is 0 Å². The third-order valence-electron chi connectivity index (χ3n) is 4.65. The molecule has 2 aliphatic carbocycles. The lowest BCUT2D eigenvalue weighted by molar-refractivity contribution is 0.311. The van der Waals surface area contributed by atoms with Gasteiger partial charge in [0.15, 0.2) is 9.84 Å². The molecule has 2 rings (SSSR count). The van der Waals surface area contributed by atoms with Crippen LogP contribution in [0.25, 0.3) is 0 Å². The normalized spacial score (nSPS) is 30.7. The van der Waals surface area contributed by atoms with Gasteiger partial charge in [-0.1, -0.05) is 19.8 Å². The molecule has 0 aromatic heterocycles. The van der Waals surface area contributed by atoms with Gasteiger partial charge in [-0.15, -0.1) is 0 Å². The molecule has 0 atom stereocenters. The maximum atomic E-state index is 12.1. The summed E-state index contributed by atoms with van der Waals surface area (Å²) in [7, 11) is -2.83. The van der Waals surface area contributed by atoms with Crippen molar-refractivity contribution < 1.29 is 8.42 Å². The van der Waals surface area contributed by atoms with Crippen molar-refractivity contribution in [2.45, 2.75) is 69.6 Å². The van der Waals surface area contributed by atoms with E-state index in [0.717, 1.165) is 31.6 Å². The van der Waals surface area contributed by atoms with E-state index in [2.05, 4.69) is 12.2 Å². The molecule has 0 aromatic rings. The highest BCUT2D eigenvalue weighted by Gasteiger charge is 2.28. The van der Waals surface area contributed by atoms with Gasteiger partial charge < -0.3 is 5.32 Å². The summed E-state index contributed by atoms with van der Waals surface area (Å²) in [6.07, 6.45) is 8.97. The maximum absolute atomic E-state index is 12.1. The fourth-order valence-corrected chi connectivity index (χ4v) is 5.07. The van der Waals surface area contributed by atoms with E-state index >= 15 is 0 Å². The first kappa shape index (κ1) is 14.3. The predicted molar refractivity (Wildman–Crippen MR) is 75.5 cm³/mol. The molecule has 0 radical (unpaired) electrons. The van der Waals surface area contributed by atoms with Crippen molar-refractivity contribution in [2.24, 2.45) is 5.92 Å². The lowest BCUT2D eigenvalue weighted by atomic mass is 9.87. The van der Waals surface area contributed by atoms with Crippen LogP contribution in [0.3, 0.4) is 0 Å². The van der Waals surface area contributed by atoms with Crippen LogP contribution < -0.4 is 5.32 Å². The highest BCUT2D eigenvalue weighted by atomic mass is 32.2. The van der Waals surface area contributed by atoms with Crippen molar-refractivity contribution in [3.63, 3.8) is 0 Å². The minimum absolute atomic E-state index is 0.0364. The van der Waals surface area contributed by atoms with Crippen LogP contribution in [0.2, 0.25) is 0 Å². The average Bonchev–Trinajstić information content (AvgIpc) is 2.86. The first-order chi connectivity index (χ1) is 8.58.